The van der Waals surface area contributed by atoms with Crippen molar-refractivity contribution in [2.45, 2.75) is 32.7 Å². The maximum atomic E-state index is 13.5. The van der Waals surface area contributed by atoms with E-state index in [-0.39, 0.29) is 28.9 Å². The van der Waals surface area contributed by atoms with Crippen LogP contribution in [0.1, 0.15) is 42.1 Å². The van der Waals surface area contributed by atoms with Crippen molar-refractivity contribution in [3.63, 3.8) is 0 Å². The highest BCUT2D eigenvalue weighted by molar-refractivity contribution is 6.35. The molecule has 0 spiro atoms. The molecule has 0 unspecified atom stereocenters. The molecule has 4 rings (SSSR count). The summed E-state index contributed by atoms with van der Waals surface area (Å²) in [6, 6.07) is 11.4. The molecule has 0 radical (unpaired) electrons. The predicted molar refractivity (Wildman–Crippen MR) is 120 cm³/mol. The van der Waals surface area contributed by atoms with Crippen LogP contribution < -0.4 is 0 Å². The molecule has 2 fully saturated rings. The minimum absolute atomic E-state index is 0.0630. The van der Waals surface area contributed by atoms with Crippen molar-refractivity contribution >= 4 is 52.5 Å². The molecule has 1 saturated carbocycles. The fourth-order valence-corrected chi connectivity index (χ4v) is 5.11. The van der Waals surface area contributed by atoms with E-state index >= 15 is 0 Å². The SMILES string of the molecule is C[C@@H]1CC[C@H]2C(=O)N(N(Cc3ccc(Cl)cc3Cl)C(=O)c3ccccc3Cl)C(=O)[C@@H]2C1. The summed E-state index contributed by atoms with van der Waals surface area (Å²) in [5.74, 6) is -1.66. The van der Waals surface area contributed by atoms with E-state index in [9.17, 15) is 14.4 Å². The molecule has 1 aliphatic carbocycles. The lowest BCUT2D eigenvalue weighted by Crippen LogP contribution is -2.50. The van der Waals surface area contributed by atoms with Crippen LogP contribution in [-0.2, 0) is 16.1 Å². The van der Waals surface area contributed by atoms with Gasteiger partial charge in [0, 0.05) is 10.0 Å². The largest absolute Gasteiger partial charge is 0.274 e. The molecular formula is C23H21Cl3N2O3. The number of rotatable bonds is 4. The van der Waals surface area contributed by atoms with Crippen molar-refractivity contribution in [3.8, 4) is 0 Å². The van der Waals surface area contributed by atoms with Gasteiger partial charge in [0.1, 0.15) is 0 Å². The molecule has 3 atom stereocenters. The maximum absolute atomic E-state index is 13.5. The second kappa shape index (κ2) is 8.81. The Bertz CT molecular complexity index is 1060. The van der Waals surface area contributed by atoms with E-state index in [0.717, 1.165) is 11.4 Å². The van der Waals surface area contributed by atoms with Crippen LogP contribution in [0.5, 0.6) is 0 Å². The van der Waals surface area contributed by atoms with E-state index in [0.29, 0.717) is 34.4 Å². The van der Waals surface area contributed by atoms with Crippen LogP contribution in [0.25, 0.3) is 0 Å². The van der Waals surface area contributed by atoms with E-state index in [2.05, 4.69) is 6.92 Å². The minimum atomic E-state index is -0.537. The average molecular weight is 480 g/mol. The summed E-state index contributed by atoms with van der Waals surface area (Å²) in [4.78, 5) is 40.1. The number of hydrogen-bond acceptors (Lipinski definition) is 3. The van der Waals surface area contributed by atoms with Gasteiger partial charge in [-0.05, 0) is 55.0 Å². The highest BCUT2D eigenvalue weighted by Crippen LogP contribution is 2.41. The first-order valence-electron chi connectivity index (χ1n) is 10.2. The van der Waals surface area contributed by atoms with Gasteiger partial charge < -0.3 is 0 Å². The predicted octanol–water partition coefficient (Wildman–Crippen LogP) is 5.63. The highest BCUT2D eigenvalue weighted by Gasteiger charge is 2.52. The summed E-state index contributed by atoms with van der Waals surface area (Å²) in [5.41, 5.74) is 0.772. The summed E-state index contributed by atoms with van der Waals surface area (Å²) >= 11 is 18.6. The van der Waals surface area contributed by atoms with Gasteiger partial charge in [0.2, 0.25) is 0 Å². The molecule has 8 heteroatoms. The van der Waals surface area contributed by atoms with E-state index in [1.165, 1.54) is 5.01 Å². The number of halogens is 3. The Hall–Kier alpha value is -2.08. The number of hydrogen-bond donors (Lipinski definition) is 0. The lowest BCUT2D eigenvalue weighted by atomic mass is 9.76. The average Bonchev–Trinajstić information content (AvgIpc) is 2.97. The number of amides is 3. The number of carbonyl (C=O) groups is 3. The van der Waals surface area contributed by atoms with Gasteiger partial charge in [-0.3, -0.25) is 14.4 Å². The Morgan fingerprint density at radius 3 is 2.42 bits per heavy atom. The third-order valence-corrected chi connectivity index (χ3v) is 7.00. The van der Waals surface area contributed by atoms with Crippen LogP contribution in [0, 0.1) is 17.8 Å². The Balaban J connectivity index is 1.75. The van der Waals surface area contributed by atoms with E-state index in [1.54, 1.807) is 42.5 Å². The van der Waals surface area contributed by atoms with Crippen LogP contribution in [-0.4, -0.2) is 27.7 Å². The molecule has 0 N–H and O–H groups in total. The summed E-state index contributed by atoms with van der Waals surface area (Å²) in [5, 5.41) is 3.22. The van der Waals surface area contributed by atoms with Crippen molar-refractivity contribution in [2.24, 2.45) is 17.8 Å². The normalized spacial score (nSPS) is 23.1. The van der Waals surface area contributed by atoms with Crippen LogP contribution in [0.15, 0.2) is 42.5 Å². The number of carbonyl (C=O) groups excluding carboxylic acids is 3. The fourth-order valence-electron chi connectivity index (χ4n) is 4.43. The van der Waals surface area contributed by atoms with Crippen molar-refractivity contribution in [2.75, 3.05) is 0 Å². The Morgan fingerprint density at radius 1 is 1.00 bits per heavy atom. The smallest absolute Gasteiger partial charge is 0.272 e. The molecule has 0 aromatic heterocycles. The quantitative estimate of drug-likeness (QED) is 0.534. The molecule has 2 aromatic carbocycles. The van der Waals surface area contributed by atoms with Crippen molar-refractivity contribution < 1.29 is 14.4 Å². The summed E-state index contributed by atoms with van der Waals surface area (Å²) in [6.45, 7) is 2.02. The molecule has 1 heterocycles. The first-order valence-corrected chi connectivity index (χ1v) is 11.3. The third kappa shape index (κ3) is 4.19. The van der Waals surface area contributed by atoms with Crippen LogP contribution in [0.3, 0.4) is 0 Å². The number of imide groups is 1. The molecule has 3 amide bonds. The number of fused-ring (bicyclic) bond motifs is 1. The maximum Gasteiger partial charge on any atom is 0.274 e. The van der Waals surface area contributed by atoms with Gasteiger partial charge in [0.15, 0.2) is 0 Å². The fraction of sp³-hybridized carbons (Fsp3) is 0.348. The van der Waals surface area contributed by atoms with E-state index in [4.69, 9.17) is 34.8 Å². The van der Waals surface area contributed by atoms with Gasteiger partial charge >= 0.3 is 0 Å². The molecule has 31 heavy (non-hydrogen) atoms. The van der Waals surface area contributed by atoms with E-state index < -0.39 is 17.7 Å². The second-order valence-electron chi connectivity index (χ2n) is 8.20. The van der Waals surface area contributed by atoms with Crippen molar-refractivity contribution in [1.82, 2.24) is 10.0 Å². The van der Waals surface area contributed by atoms with Crippen molar-refractivity contribution in [1.29, 1.82) is 0 Å². The van der Waals surface area contributed by atoms with Crippen LogP contribution in [0.2, 0.25) is 15.1 Å². The molecule has 0 bridgehead atoms. The first-order chi connectivity index (χ1) is 14.8. The zero-order valence-electron chi connectivity index (χ0n) is 16.9. The standard InChI is InChI=1S/C23H21Cl3N2O3/c1-13-6-9-16-18(10-13)23(31)28(22(16)30)27(12-14-7-8-15(24)11-20(14)26)21(29)17-4-2-3-5-19(17)25/h2-5,7-8,11,13,16,18H,6,9-10,12H2,1H3/t13-,16-,18-/m1/s1. The molecule has 1 saturated heterocycles. The number of hydrazine groups is 1. The van der Waals surface area contributed by atoms with Gasteiger partial charge in [0.25, 0.3) is 17.7 Å². The molecule has 1 aliphatic heterocycles. The number of benzene rings is 2. The molecule has 2 aliphatic rings. The molecular weight excluding hydrogens is 459 g/mol. The summed E-state index contributed by atoms with van der Waals surface area (Å²) in [6.07, 6.45) is 2.17. The van der Waals surface area contributed by atoms with Gasteiger partial charge in [-0.1, -0.05) is 59.9 Å². The third-order valence-electron chi connectivity index (χ3n) is 6.08. The van der Waals surface area contributed by atoms with Gasteiger partial charge in [0.05, 0.1) is 29.0 Å². The van der Waals surface area contributed by atoms with E-state index in [1.807, 2.05) is 0 Å². The number of nitrogens with zero attached hydrogens (tertiary/aromatic N) is 2. The second-order valence-corrected chi connectivity index (χ2v) is 9.45. The first kappa shape index (κ1) is 22.1. The summed E-state index contributed by atoms with van der Waals surface area (Å²) < 4.78 is 0. The lowest BCUT2D eigenvalue weighted by Gasteiger charge is -2.31. The van der Waals surface area contributed by atoms with Crippen LogP contribution >= 0.6 is 34.8 Å². The zero-order chi connectivity index (χ0) is 22.3. The minimum Gasteiger partial charge on any atom is -0.272 e. The Kier molecular flexibility index (Phi) is 6.29. The molecule has 162 valence electrons. The summed E-state index contributed by atoms with van der Waals surface area (Å²) in [7, 11) is 0. The topological polar surface area (TPSA) is 57.7 Å². The Morgan fingerprint density at radius 2 is 1.71 bits per heavy atom. The van der Waals surface area contributed by atoms with Gasteiger partial charge in [-0.2, -0.15) is 5.01 Å². The highest BCUT2D eigenvalue weighted by atomic mass is 35.5. The molecule has 5 nitrogen and oxygen atoms in total. The van der Waals surface area contributed by atoms with Crippen molar-refractivity contribution in [3.05, 3.63) is 68.7 Å². The van der Waals surface area contributed by atoms with Crippen LogP contribution in [0.4, 0.5) is 0 Å². The van der Waals surface area contributed by atoms with Gasteiger partial charge in [-0.25, -0.2) is 5.01 Å². The Labute approximate surface area is 195 Å². The zero-order valence-corrected chi connectivity index (χ0v) is 19.1. The monoisotopic (exact) mass is 478 g/mol. The molecule has 2 aromatic rings. The lowest BCUT2D eigenvalue weighted by molar-refractivity contribution is -0.155. The van der Waals surface area contributed by atoms with Gasteiger partial charge in [-0.15, -0.1) is 0 Å².